The monoisotopic (exact) mass is 319 g/mol. The number of thiophene rings is 1. The topological polar surface area (TPSA) is 30.5 Å². The lowest BCUT2D eigenvalue weighted by Gasteiger charge is -2.36. The van der Waals surface area contributed by atoms with Crippen molar-refractivity contribution in [1.82, 2.24) is 5.32 Å². The standard InChI is InChI=1S/C12H18BrNO2S/c1-12(2)8-14-5-9(16-12)6-15-7-10-3-4-11(13)17-10/h3-4,9,14H,5-8H2,1-2H3. The minimum absolute atomic E-state index is 0.0851. The van der Waals surface area contributed by atoms with Gasteiger partial charge in [0.25, 0.3) is 0 Å². The van der Waals surface area contributed by atoms with Crippen LogP contribution in [0.1, 0.15) is 18.7 Å². The van der Waals surface area contributed by atoms with E-state index in [9.17, 15) is 0 Å². The molecule has 5 heteroatoms. The van der Waals surface area contributed by atoms with Crippen molar-refractivity contribution in [3.8, 4) is 0 Å². The highest BCUT2D eigenvalue weighted by atomic mass is 79.9. The maximum Gasteiger partial charge on any atom is 0.0940 e. The lowest BCUT2D eigenvalue weighted by Crippen LogP contribution is -2.51. The van der Waals surface area contributed by atoms with Gasteiger partial charge in [0.1, 0.15) is 0 Å². The van der Waals surface area contributed by atoms with Gasteiger partial charge in [-0.15, -0.1) is 11.3 Å². The number of morpholine rings is 1. The van der Waals surface area contributed by atoms with Crippen molar-refractivity contribution >= 4 is 27.3 Å². The minimum Gasteiger partial charge on any atom is -0.373 e. The van der Waals surface area contributed by atoms with E-state index in [0.717, 1.165) is 16.9 Å². The van der Waals surface area contributed by atoms with Crippen LogP contribution in [0.2, 0.25) is 0 Å². The van der Waals surface area contributed by atoms with Crippen LogP contribution in [0.25, 0.3) is 0 Å². The molecule has 0 aromatic carbocycles. The number of halogens is 1. The van der Waals surface area contributed by atoms with Crippen molar-refractivity contribution in [2.75, 3.05) is 19.7 Å². The molecule has 1 fully saturated rings. The summed E-state index contributed by atoms with van der Waals surface area (Å²) in [5.74, 6) is 0. The Morgan fingerprint density at radius 1 is 1.59 bits per heavy atom. The molecule has 1 atom stereocenters. The predicted octanol–water partition coefficient (Wildman–Crippen LogP) is 2.79. The minimum atomic E-state index is -0.0851. The lowest BCUT2D eigenvalue weighted by molar-refractivity contribution is -0.121. The summed E-state index contributed by atoms with van der Waals surface area (Å²) in [6, 6.07) is 4.13. The molecule has 96 valence electrons. The second-order valence-corrected chi connectivity index (χ2v) is 7.40. The fourth-order valence-corrected chi connectivity index (χ4v) is 3.30. The van der Waals surface area contributed by atoms with Crippen LogP contribution in [0, 0.1) is 0 Å². The van der Waals surface area contributed by atoms with E-state index in [4.69, 9.17) is 9.47 Å². The van der Waals surface area contributed by atoms with Crippen LogP contribution in [0.3, 0.4) is 0 Å². The van der Waals surface area contributed by atoms with Crippen LogP contribution in [0.15, 0.2) is 15.9 Å². The van der Waals surface area contributed by atoms with Crippen LogP contribution in [-0.2, 0) is 16.1 Å². The van der Waals surface area contributed by atoms with Crippen LogP contribution < -0.4 is 5.32 Å². The first-order valence-corrected chi connectivity index (χ1v) is 7.37. The summed E-state index contributed by atoms with van der Waals surface area (Å²) in [6.45, 7) is 7.28. The van der Waals surface area contributed by atoms with E-state index in [1.165, 1.54) is 4.88 Å². The van der Waals surface area contributed by atoms with E-state index in [2.05, 4.69) is 41.2 Å². The highest BCUT2D eigenvalue weighted by Gasteiger charge is 2.28. The average Bonchev–Trinajstić information content (AvgIpc) is 2.63. The third kappa shape index (κ3) is 4.34. The molecule has 1 saturated heterocycles. The van der Waals surface area contributed by atoms with Gasteiger partial charge in [-0.2, -0.15) is 0 Å². The number of hydrogen-bond acceptors (Lipinski definition) is 4. The molecule has 2 rings (SSSR count). The number of hydrogen-bond donors (Lipinski definition) is 1. The summed E-state index contributed by atoms with van der Waals surface area (Å²) in [5, 5.41) is 3.37. The zero-order valence-electron chi connectivity index (χ0n) is 10.2. The first-order chi connectivity index (χ1) is 8.05. The van der Waals surface area contributed by atoms with Crippen molar-refractivity contribution in [2.45, 2.75) is 32.2 Å². The first-order valence-electron chi connectivity index (χ1n) is 5.76. The molecule has 3 nitrogen and oxygen atoms in total. The van der Waals surface area contributed by atoms with Gasteiger partial charge in [0.05, 0.1) is 28.7 Å². The van der Waals surface area contributed by atoms with Crippen molar-refractivity contribution in [1.29, 1.82) is 0 Å². The molecule has 0 aliphatic carbocycles. The molecule has 1 aromatic heterocycles. The van der Waals surface area contributed by atoms with Crippen molar-refractivity contribution in [3.05, 3.63) is 20.8 Å². The second kappa shape index (κ2) is 5.80. The Balaban J connectivity index is 1.71. The summed E-state index contributed by atoms with van der Waals surface area (Å²) in [5.41, 5.74) is -0.0851. The van der Waals surface area contributed by atoms with Gasteiger partial charge < -0.3 is 14.8 Å². The zero-order valence-corrected chi connectivity index (χ0v) is 12.6. The van der Waals surface area contributed by atoms with E-state index in [-0.39, 0.29) is 11.7 Å². The van der Waals surface area contributed by atoms with Gasteiger partial charge in [0, 0.05) is 18.0 Å². The van der Waals surface area contributed by atoms with Gasteiger partial charge in [-0.05, 0) is 41.9 Å². The van der Waals surface area contributed by atoms with E-state index in [0.29, 0.717) is 13.2 Å². The van der Waals surface area contributed by atoms with Crippen LogP contribution in [0.4, 0.5) is 0 Å². The summed E-state index contributed by atoms with van der Waals surface area (Å²) >= 11 is 5.15. The lowest BCUT2D eigenvalue weighted by atomic mass is 10.1. The molecule has 0 radical (unpaired) electrons. The van der Waals surface area contributed by atoms with Crippen molar-refractivity contribution < 1.29 is 9.47 Å². The smallest absolute Gasteiger partial charge is 0.0940 e. The van der Waals surface area contributed by atoms with Gasteiger partial charge in [0.2, 0.25) is 0 Å². The van der Waals surface area contributed by atoms with E-state index < -0.39 is 0 Å². The first kappa shape index (κ1) is 13.5. The molecule has 0 spiro atoms. The summed E-state index contributed by atoms with van der Waals surface area (Å²) in [6.07, 6.45) is 0.155. The molecule has 0 amide bonds. The van der Waals surface area contributed by atoms with Gasteiger partial charge in [-0.25, -0.2) is 0 Å². The largest absolute Gasteiger partial charge is 0.373 e. The third-order valence-electron chi connectivity index (χ3n) is 2.59. The summed E-state index contributed by atoms with van der Waals surface area (Å²) < 4.78 is 12.8. The molecule has 1 N–H and O–H groups in total. The fourth-order valence-electron chi connectivity index (χ4n) is 1.88. The molecule has 1 aromatic rings. The van der Waals surface area contributed by atoms with Crippen LogP contribution in [0.5, 0.6) is 0 Å². The van der Waals surface area contributed by atoms with E-state index >= 15 is 0 Å². The second-order valence-electron chi connectivity index (χ2n) is 4.85. The number of rotatable bonds is 4. The van der Waals surface area contributed by atoms with Crippen LogP contribution >= 0.6 is 27.3 Å². The molecule has 0 saturated carbocycles. The van der Waals surface area contributed by atoms with E-state index in [1.54, 1.807) is 11.3 Å². The molecule has 1 aliphatic rings. The maximum absolute atomic E-state index is 5.92. The Morgan fingerprint density at radius 2 is 2.41 bits per heavy atom. The van der Waals surface area contributed by atoms with Crippen molar-refractivity contribution in [2.24, 2.45) is 0 Å². The molecule has 1 aliphatic heterocycles. The van der Waals surface area contributed by atoms with Gasteiger partial charge in [0.15, 0.2) is 0 Å². The van der Waals surface area contributed by atoms with E-state index in [1.807, 2.05) is 6.07 Å². The van der Waals surface area contributed by atoms with Gasteiger partial charge >= 0.3 is 0 Å². The average molecular weight is 320 g/mol. The Hall–Kier alpha value is 0.0600. The predicted molar refractivity (Wildman–Crippen MR) is 73.5 cm³/mol. The Kier molecular flexibility index (Phi) is 4.60. The Bertz CT molecular complexity index is 367. The molecular formula is C12H18BrNO2S. The molecule has 0 bridgehead atoms. The summed E-state index contributed by atoms with van der Waals surface area (Å²) in [7, 11) is 0. The fraction of sp³-hybridized carbons (Fsp3) is 0.667. The van der Waals surface area contributed by atoms with Gasteiger partial charge in [-0.1, -0.05) is 0 Å². The SMILES string of the molecule is CC1(C)CNCC(COCc2ccc(Br)s2)O1. The molecule has 2 heterocycles. The van der Waals surface area contributed by atoms with Gasteiger partial charge in [-0.3, -0.25) is 0 Å². The van der Waals surface area contributed by atoms with Crippen LogP contribution in [-0.4, -0.2) is 31.4 Å². The number of nitrogens with one attached hydrogen (secondary N) is 1. The zero-order chi connectivity index (χ0) is 12.3. The summed E-state index contributed by atoms with van der Waals surface area (Å²) in [4.78, 5) is 1.24. The number of ether oxygens (including phenoxy) is 2. The molecule has 17 heavy (non-hydrogen) atoms. The maximum atomic E-state index is 5.92. The highest BCUT2D eigenvalue weighted by molar-refractivity contribution is 9.11. The highest BCUT2D eigenvalue weighted by Crippen LogP contribution is 2.23. The third-order valence-corrected chi connectivity index (χ3v) is 4.18. The Morgan fingerprint density at radius 3 is 3.06 bits per heavy atom. The normalized spacial score (nSPS) is 23.8. The molecular weight excluding hydrogens is 302 g/mol. The molecule has 1 unspecified atom stereocenters. The Labute approximate surface area is 115 Å². The van der Waals surface area contributed by atoms with Crippen molar-refractivity contribution in [3.63, 3.8) is 0 Å². The quantitative estimate of drug-likeness (QED) is 0.925.